The normalized spacial score (nSPS) is 21.0. The van der Waals surface area contributed by atoms with Crippen LogP contribution >= 0.6 is 46.4 Å². The molecule has 4 amide bonds. The van der Waals surface area contributed by atoms with Crippen LogP contribution in [0.3, 0.4) is 0 Å². The maximum absolute atomic E-state index is 11.9. The molecule has 0 aromatic rings. The van der Waals surface area contributed by atoms with E-state index in [2.05, 4.69) is 0 Å². The standard InChI is InChI=1S/C11H6Cl4N2O5/c12-4-5(13)9(20)16(8(4)19)1-3(2-18)17-10(21)6(14)7(15)11(17)22/h3,18H,1-2H2. The van der Waals surface area contributed by atoms with Gasteiger partial charge >= 0.3 is 0 Å². The van der Waals surface area contributed by atoms with Gasteiger partial charge in [0.1, 0.15) is 20.1 Å². The van der Waals surface area contributed by atoms with E-state index in [1.54, 1.807) is 0 Å². The van der Waals surface area contributed by atoms with Crippen molar-refractivity contribution in [1.29, 1.82) is 0 Å². The molecule has 0 spiro atoms. The second-order valence-electron chi connectivity index (χ2n) is 4.29. The van der Waals surface area contributed by atoms with Crippen molar-refractivity contribution in [2.45, 2.75) is 6.04 Å². The van der Waals surface area contributed by atoms with Crippen LogP contribution in [0.25, 0.3) is 0 Å². The number of hydrogen-bond donors (Lipinski definition) is 1. The third-order valence-corrected chi connectivity index (χ3v) is 4.63. The van der Waals surface area contributed by atoms with Crippen LogP contribution in [0.15, 0.2) is 20.1 Å². The van der Waals surface area contributed by atoms with E-state index in [-0.39, 0.29) is 0 Å². The number of carbonyl (C=O) groups excluding carboxylic acids is 4. The topological polar surface area (TPSA) is 95.0 Å². The first-order valence-corrected chi connectivity index (χ1v) is 7.19. The summed E-state index contributed by atoms with van der Waals surface area (Å²) in [5.41, 5.74) is 0. The maximum atomic E-state index is 11.9. The van der Waals surface area contributed by atoms with Crippen molar-refractivity contribution >= 4 is 70.0 Å². The number of rotatable bonds is 4. The lowest BCUT2D eigenvalue weighted by atomic mass is 10.2. The largest absolute Gasteiger partial charge is 0.394 e. The van der Waals surface area contributed by atoms with Crippen LogP contribution in [0.2, 0.25) is 0 Å². The first-order chi connectivity index (χ1) is 10.2. The van der Waals surface area contributed by atoms with E-state index >= 15 is 0 Å². The van der Waals surface area contributed by atoms with Gasteiger partial charge < -0.3 is 5.11 Å². The van der Waals surface area contributed by atoms with Crippen molar-refractivity contribution in [2.24, 2.45) is 0 Å². The number of nitrogens with zero attached hydrogens (tertiary/aromatic N) is 2. The molecular weight excluding hydrogens is 382 g/mol. The highest BCUT2D eigenvalue weighted by Crippen LogP contribution is 2.30. The van der Waals surface area contributed by atoms with Crippen LogP contribution in [0.1, 0.15) is 0 Å². The predicted octanol–water partition coefficient (Wildman–Crippen LogP) is 0.463. The number of aliphatic hydroxyl groups is 1. The first kappa shape index (κ1) is 17.2. The zero-order valence-electron chi connectivity index (χ0n) is 10.5. The summed E-state index contributed by atoms with van der Waals surface area (Å²) in [6.45, 7) is -1.22. The Morgan fingerprint density at radius 3 is 1.50 bits per heavy atom. The fourth-order valence-corrected chi connectivity index (χ4v) is 2.65. The Bertz CT molecular complexity index is 623. The minimum Gasteiger partial charge on any atom is -0.394 e. The molecule has 0 aliphatic carbocycles. The van der Waals surface area contributed by atoms with Gasteiger partial charge in [-0.3, -0.25) is 29.0 Å². The van der Waals surface area contributed by atoms with Gasteiger partial charge in [-0.2, -0.15) is 0 Å². The van der Waals surface area contributed by atoms with Crippen molar-refractivity contribution in [3.63, 3.8) is 0 Å². The molecule has 22 heavy (non-hydrogen) atoms. The number of amides is 4. The molecule has 0 fully saturated rings. The van der Waals surface area contributed by atoms with Crippen molar-refractivity contribution in [3.8, 4) is 0 Å². The lowest BCUT2D eigenvalue weighted by molar-refractivity contribution is -0.146. The zero-order chi connectivity index (χ0) is 16.8. The van der Waals surface area contributed by atoms with Gasteiger partial charge in [0.05, 0.1) is 19.2 Å². The van der Waals surface area contributed by atoms with Crippen molar-refractivity contribution in [2.75, 3.05) is 13.2 Å². The summed E-state index contributed by atoms with van der Waals surface area (Å²) in [6.07, 6.45) is 0. The summed E-state index contributed by atoms with van der Waals surface area (Å²) >= 11 is 22.3. The summed E-state index contributed by atoms with van der Waals surface area (Å²) in [5.74, 6) is -3.64. The second kappa shape index (κ2) is 6.17. The van der Waals surface area contributed by atoms with Crippen LogP contribution < -0.4 is 0 Å². The third kappa shape index (κ3) is 2.53. The van der Waals surface area contributed by atoms with Crippen LogP contribution in [0.5, 0.6) is 0 Å². The first-order valence-electron chi connectivity index (χ1n) is 5.67. The average Bonchev–Trinajstić information content (AvgIpc) is 2.80. The van der Waals surface area contributed by atoms with Crippen molar-refractivity contribution in [1.82, 2.24) is 9.80 Å². The maximum Gasteiger partial charge on any atom is 0.274 e. The molecule has 0 saturated carbocycles. The van der Waals surface area contributed by atoms with E-state index in [1.807, 2.05) is 0 Å². The monoisotopic (exact) mass is 386 g/mol. The van der Waals surface area contributed by atoms with E-state index in [9.17, 15) is 24.3 Å². The zero-order valence-corrected chi connectivity index (χ0v) is 13.5. The van der Waals surface area contributed by atoms with E-state index in [1.165, 1.54) is 0 Å². The van der Waals surface area contributed by atoms with Gasteiger partial charge in [0.25, 0.3) is 23.6 Å². The summed E-state index contributed by atoms with van der Waals surface area (Å²) < 4.78 is 0. The SMILES string of the molecule is O=C1C(Cl)=C(Cl)C(=O)N1CC(CO)N1C(=O)C(Cl)=C(Cl)C1=O. The molecule has 1 N–H and O–H groups in total. The van der Waals surface area contributed by atoms with Gasteiger partial charge in [-0.25, -0.2) is 0 Å². The van der Waals surface area contributed by atoms with E-state index < -0.39 is 63.0 Å². The number of carbonyl (C=O) groups is 4. The minimum atomic E-state index is -1.23. The summed E-state index contributed by atoms with van der Waals surface area (Å²) in [5, 5.41) is 7.43. The summed E-state index contributed by atoms with van der Waals surface area (Å²) in [7, 11) is 0. The molecule has 11 heteroatoms. The Labute approximate surface area is 143 Å². The average molecular weight is 388 g/mol. The van der Waals surface area contributed by atoms with Gasteiger partial charge in [-0.1, -0.05) is 46.4 Å². The molecule has 118 valence electrons. The molecule has 0 bridgehead atoms. The fraction of sp³-hybridized carbons (Fsp3) is 0.273. The summed E-state index contributed by atoms with van der Waals surface area (Å²) in [6, 6.07) is -1.23. The smallest absolute Gasteiger partial charge is 0.274 e. The van der Waals surface area contributed by atoms with Gasteiger partial charge in [0.15, 0.2) is 0 Å². The molecule has 7 nitrogen and oxygen atoms in total. The molecule has 1 unspecified atom stereocenters. The molecule has 0 saturated heterocycles. The van der Waals surface area contributed by atoms with E-state index in [0.717, 1.165) is 0 Å². The molecular formula is C11H6Cl4N2O5. The molecule has 2 aliphatic heterocycles. The van der Waals surface area contributed by atoms with Crippen LogP contribution in [0.4, 0.5) is 0 Å². The van der Waals surface area contributed by atoms with E-state index in [4.69, 9.17) is 46.4 Å². The Morgan fingerprint density at radius 1 is 0.773 bits per heavy atom. The number of imide groups is 2. The lowest BCUT2D eigenvalue weighted by Crippen LogP contribution is -2.51. The number of halogens is 4. The highest BCUT2D eigenvalue weighted by Gasteiger charge is 2.44. The fourth-order valence-electron chi connectivity index (χ4n) is 1.94. The van der Waals surface area contributed by atoms with Crippen molar-refractivity contribution in [3.05, 3.63) is 20.1 Å². The summed E-state index contributed by atoms with van der Waals surface area (Å²) in [4.78, 5) is 48.5. The molecule has 2 heterocycles. The molecule has 0 aromatic carbocycles. The predicted molar refractivity (Wildman–Crippen MR) is 76.9 cm³/mol. The van der Waals surface area contributed by atoms with E-state index in [0.29, 0.717) is 9.80 Å². The van der Waals surface area contributed by atoms with Crippen LogP contribution in [-0.4, -0.2) is 57.7 Å². The lowest BCUT2D eigenvalue weighted by Gasteiger charge is -2.27. The van der Waals surface area contributed by atoms with Gasteiger partial charge in [0, 0.05) is 0 Å². The number of aliphatic hydroxyl groups excluding tert-OH is 1. The van der Waals surface area contributed by atoms with Gasteiger partial charge in [-0.15, -0.1) is 0 Å². The molecule has 0 radical (unpaired) electrons. The number of hydrogen-bond acceptors (Lipinski definition) is 5. The minimum absolute atomic E-state index is 0.475. The third-order valence-electron chi connectivity index (χ3n) is 3.03. The second-order valence-corrected chi connectivity index (χ2v) is 5.81. The highest BCUT2D eigenvalue weighted by atomic mass is 35.5. The van der Waals surface area contributed by atoms with Crippen molar-refractivity contribution < 1.29 is 24.3 Å². The molecule has 2 aliphatic rings. The molecule has 1 atom stereocenters. The molecule has 2 rings (SSSR count). The Balaban J connectivity index is 2.23. The van der Waals surface area contributed by atoms with Gasteiger partial charge in [-0.05, 0) is 0 Å². The molecule has 0 aromatic heterocycles. The Morgan fingerprint density at radius 2 is 1.14 bits per heavy atom. The Kier molecular flexibility index (Phi) is 4.84. The van der Waals surface area contributed by atoms with Crippen LogP contribution in [0, 0.1) is 0 Å². The van der Waals surface area contributed by atoms with Gasteiger partial charge in [0.2, 0.25) is 0 Å². The highest BCUT2D eigenvalue weighted by molar-refractivity contribution is 6.59. The quantitative estimate of drug-likeness (QED) is 0.707. The van der Waals surface area contributed by atoms with Crippen LogP contribution in [-0.2, 0) is 19.2 Å². The Hall–Kier alpha value is -1.12.